The first-order chi connectivity index (χ1) is 8.72. The predicted octanol–water partition coefficient (Wildman–Crippen LogP) is 2.71. The maximum atomic E-state index is 11.8. The van der Waals surface area contributed by atoms with Crippen molar-refractivity contribution in [3.8, 4) is 0 Å². The van der Waals surface area contributed by atoms with Gasteiger partial charge in [0.2, 0.25) is 0 Å². The van der Waals surface area contributed by atoms with Crippen LogP contribution in [0.5, 0.6) is 0 Å². The van der Waals surface area contributed by atoms with Crippen LogP contribution in [0.2, 0.25) is 0 Å². The molecule has 0 atom stereocenters. The summed E-state index contributed by atoms with van der Waals surface area (Å²) < 4.78 is 1.02. The summed E-state index contributed by atoms with van der Waals surface area (Å²) in [6, 6.07) is 1.95. The van der Waals surface area contributed by atoms with Crippen molar-refractivity contribution in [3.05, 3.63) is 34.5 Å². The zero-order valence-electron chi connectivity index (χ0n) is 9.38. The molecule has 0 aliphatic rings. The molecule has 0 fully saturated rings. The molecule has 0 spiro atoms. The number of hydrogen-bond acceptors (Lipinski definition) is 6. The maximum Gasteiger partial charge on any atom is 0.269 e. The number of thiazole rings is 2. The van der Waals surface area contributed by atoms with Gasteiger partial charge < -0.3 is 0 Å². The van der Waals surface area contributed by atoms with Gasteiger partial charge in [0.05, 0.1) is 22.6 Å². The molecule has 1 amide bonds. The molecule has 3 aromatic rings. The smallest absolute Gasteiger partial charge is 0.269 e. The van der Waals surface area contributed by atoms with Crippen LogP contribution in [0.3, 0.4) is 0 Å². The van der Waals surface area contributed by atoms with Crippen LogP contribution in [0, 0.1) is 6.92 Å². The van der Waals surface area contributed by atoms with Gasteiger partial charge in [-0.1, -0.05) is 11.3 Å². The van der Waals surface area contributed by atoms with Crippen molar-refractivity contribution >= 4 is 43.9 Å². The van der Waals surface area contributed by atoms with Crippen molar-refractivity contribution < 1.29 is 4.79 Å². The lowest BCUT2D eigenvalue weighted by Gasteiger charge is -1.96. The second-order valence-electron chi connectivity index (χ2n) is 3.63. The Morgan fingerprint density at radius 1 is 1.39 bits per heavy atom. The van der Waals surface area contributed by atoms with Crippen LogP contribution in [0.1, 0.15) is 15.4 Å². The molecular weight excluding hydrogens is 268 g/mol. The van der Waals surface area contributed by atoms with Gasteiger partial charge in [0, 0.05) is 5.69 Å². The second kappa shape index (κ2) is 4.43. The third-order valence-corrected chi connectivity index (χ3v) is 3.99. The first kappa shape index (κ1) is 11.2. The average molecular weight is 276 g/mol. The molecular formula is C11H8N4OS2. The number of fused-ring (bicyclic) bond motifs is 1. The van der Waals surface area contributed by atoms with Gasteiger partial charge in [0.15, 0.2) is 5.13 Å². The fourth-order valence-electron chi connectivity index (χ4n) is 1.47. The summed E-state index contributed by atoms with van der Waals surface area (Å²) in [7, 11) is 0. The van der Waals surface area contributed by atoms with E-state index in [1.54, 1.807) is 17.9 Å². The van der Waals surface area contributed by atoms with Gasteiger partial charge in [-0.25, -0.2) is 4.98 Å². The summed E-state index contributed by atoms with van der Waals surface area (Å²) in [6.07, 6.45) is 3.25. The van der Waals surface area contributed by atoms with Crippen molar-refractivity contribution in [2.24, 2.45) is 0 Å². The van der Waals surface area contributed by atoms with Gasteiger partial charge in [-0.05, 0) is 13.0 Å². The molecule has 0 radical (unpaired) electrons. The highest BCUT2D eigenvalue weighted by atomic mass is 32.1. The summed E-state index contributed by atoms with van der Waals surface area (Å²) in [5, 5.41) is 3.34. The summed E-state index contributed by atoms with van der Waals surface area (Å²) >= 11 is 2.74. The summed E-state index contributed by atoms with van der Waals surface area (Å²) in [6.45, 7) is 1.93. The SMILES string of the molecule is Cc1cc2sc(NC(=O)c3cncs3)nc2cn1. The Morgan fingerprint density at radius 3 is 3.06 bits per heavy atom. The van der Waals surface area contributed by atoms with Gasteiger partial charge in [-0.3, -0.25) is 20.1 Å². The first-order valence-electron chi connectivity index (χ1n) is 5.15. The van der Waals surface area contributed by atoms with Crippen LogP contribution >= 0.6 is 22.7 Å². The Bertz CT molecular complexity index is 705. The zero-order chi connectivity index (χ0) is 12.5. The molecule has 0 aliphatic heterocycles. The third kappa shape index (κ3) is 2.09. The number of carbonyl (C=O) groups excluding carboxylic acids is 1. The molecule has 7 heteroatoms. The minimum absolute atomic E-state index is 0.179. The van der Waals surface area contributed by atoms with Crippen LogP contribution in [-0.4, -0.2) is 20.9 Å². The highest BCUT2D eigenvalue weighted by Gasteiger charge is 2.11. The van der Waals surface area contributed by atoms with Gasteiger partial charge in [0.25, 0.3) is 5.91 Å². The number of aromatic nitrogens is 3. The monoisotopic (exact) mass is 276 g/mol. The molecule has 1 N–H and O–H groups in total. The van der Waals surface area contributed by atoms with Crippen molar-refractivity contribution in [3.63, 3.8) is 0 Å². The normalized spacial score (nSPS) is 10.7. The predicted molar refractivity (Wildman–Crippen MR) is 72.2 cm³/mol. The van der Waals surface area contributed by atoms with E-state index >= 15 is 0 Å². The lowest BCUT2D eigenvalue weighted by atomic mass is 10.4. The van der Waals surface area contributed by atoms with Gasteiger partial charge in [-0.2, -0.15) is 0 Å². The number of hydrogen-bond donors (Lipinski definition) is 1. The van der Waals surface area contributed by atoms with Gasteiger partial charge in [0.1, 0.15) is 10.4 Å². The largest absolute Gasteiger partial charge is 0.297 e. The molecule has 0 saturated heterocycles. The molecule has 5 nitrogen and oxygen atoms in total. The number of pyridine rings is 1. The topological polar surface area (TPSA) is 67.8 Å². The van der Waals surface area contributed by atoms with E-state index in [9.17, 15) is 4.79 Å². The summed E-state index contributed by atoms with van der Waals surface area (Å²) in [5.41, 5.74) is 3.36. The minimum Gasteiger partial charge on any atom is -0.297 e. The number of nitrogens with zero attached hydrogens (tertiary/aromatic N) is 3. The number of nitrogens with one attached hydrogen (secondary N) is 1. The fourth-order valence-corrected chi connectivity index (χ4v) is 2.91. The molecule has 3 aromatic heterocycles. The molecule has 0 bridgehead atoms. The number of amides is 1. The standard InChI is InChI=1S/C11H8N4OS2/c1-6-2-8-7(3-13-6)14-11(18-8)15-10(16)9-4-12-5-17-9/h2-5H,1H3,(H,14,15,16). The molecule has 3 heterocycles. The number of anilines is 1. The third-order valence-electron chi connectivity index (χ3n) is 2.29. The quantitative estimate of drug-likeness (QED) is 0.781. The van der Waals surface area contributed by atoms with E-state index in [4.69, 9.17) is 0 Å². The van der Waals surface area contributed by atoms with E-state index in [-0.39, 0.29) is 5.91 Å². The Hall–Kier alpha value is -1.86. The minimum atomic E-state index is -0.179. The second-order valence-corrected chi connectivity index (χ2v) is 5.55. The highest BCUT2D eigenvalue weighted by molar-refractivity contribution is 7.22. The Morgan fingerprint density at radius 2 is 2.28 bits per heavy atom. The van der Waals surface area contributed by atoms with E-state index in [1.165, 1.54) is 22.7 Å². The van der Waals surface area contributed by atoms with Crippen molar-refractivity contribution in [1.82, 2.24) is 15.0 Å². The number of carbonyl (C=O) groups is 1. The van der Waals surface area contributed by atoms with E-state index in [0.29, 0.717) is 10.0 Å². The molecule has 0 aromatic carbocycles. The molecule has 3 rings (SSSR count). The summed E-state index contributed by atoms with van der Waals surface area (Å²) in [5.74, 6) is -0.179. The van der Waals surface area contributed by atoms with E-state index in [2.05, 4.69) is 20.3 Å². The van der Waals surface area contributed by atoms with Crippen molar-refractivity contribution in [2.75, 3.05) is 5.32 Å². The number of rotatable bonds is 2. The van der Waals surface area contributed by atoms with E-state index < -0.39 is 0 Å². The lowest BCUT2D eigenvalue weighted by Crippen LogP contribution is -2.09. The van der Waals surface area contributed by atoms with Crippen LogP contribution < -0.4 is 5.32 Å². The Labute approximate surface area is 111 Å². The molecule has 90 valence electrons. The van der Waals surface area contributed by atoms with E-state index in [1.807, 2.05) is 13.0 Å². The van der Waals surface area contributed by atoms with Crippen LogP contribution in [0.15, 0.2) is 24.0 Å². The molecule has 0 saturated carbocycles. The van der Waals surface area contributed by atoms with Gasteiger partial charge >= 0.3 is 0 Å². The Kier molecular flexibility index (Phi) is 2.77. The Balaban J connectivity index is 1.89. The molecule has 0 unspecified atom stereocenters. The molecule has 0 aliphatic carbocycles. The first-order valence-corrected chi connectivity index (χ1v) is 6.85. The van der Waals surface area contributed by atoms with Crippen LogP contribution in [0.25, 0.3) is 10.2 Å². The maximum absolute atomic E-state index is 11.8. The number of aryl methyl sites for hydroxylation is 1. The van der Waals surface area contributed by atoms with Crippen molar-refractivity contribution in [1.29, 1.82) is 0 Å². The van der Waals surface area contributed by atoms with Crippen LogP contribution in [-0.2, 0) is 0 Å². The summed E-state index contributed by atoms with van der Waals surface area (Å²) in [4.78, 5) is 24.8. The van der Waals surface area contributed by atoms with Gasteiger partial charge in [-0.15, -0.1) is 11.3 Å². The zero-order valence-corrected chi connectivity index (χ0v) is 11.0. The van der Waals surface area contributed by atoms with Crippen LogP contribution in [0.4, 0.5) is 5.13 Å². The molecule has 18 heavy (non-hydrogen) atoms. The van der Waals surface area contributed by atoms with Crippen molar-refractivity contribution in [2.45, 2.75) is 6.92 Å². The lowest BCUT2D eigenvalue weighted by molar-refractivity contribution is 0.103. The fraction of sp³-hybridized carbons (Fsp3) is 0.0909. The van der Waals surface area contributed by atoms with E-state index in [0.717, 1.165) is 15.9 Å². The highest BCUT2D eigenvalue weighted by Crippen LogP contribution is 2.26. The average Bonchev–Trinajstić information content (AvgIpc) is 2.95.